The Morgan fingerprint density at radius 2 is 1.97 bits per heavy atom. The molecule has 2 N–H and O–H groups in total. The molecule has 0 saturated carbocycles. The van der Waals surface area contributed by atoms with E-state index in [1.54, 1.807) is 39.4 Å². The fourth-order valence-corrected chi connectivity index (χ4v) is 2.20. The van der Waals surface area contributed by atoms with Gasteiger partial charge in [-0.1, -0.05) is 27.7 Å². The van der Waals surface area contributed by atoms with Crippen LogP contribution in [0.4, 0.5) is 5.82 Å². The summed E-state index contributed by atoms with van der Waals surface area (Å²) in [5.74, 6) is -0.311. The highest BCUT2D eigenvalue weighted by molar-refractivity contribution is 6.05. The van der Waals surface area contributed by atoms with Crippen molar-refractivity contribution in [2.75, 3.05) is 26.1 Å². The van der Waals surface area contributed by atoms with Gasteiger partial charge in [0.1, 0.15) is 18.1 Å². The van der Waals surface area contributed by atoms with Crippen LogP contribution in [0.2, 0.25) is 0 Å². The number of aryl methyl sites for hydroxylation is 1. The number of imidazole rings is 1. The summed E-state index contributed by atoms with van der Waals surface area (Å²) in [6.45, 7) is 7.63. The van der Waals surface area contributed by atoms with Crippen molar-refractivity contribution >= 4 is 29.9 Å². The lowest BCUT2D eigenvalue weighted by Gasteiger charge is -2.18. The van der Waals surface area contributed by atoms with Crippen molar-refractivity contribution in [2.45, 2.75) is 46.8 Å². The number of hydrogen-bond acceptors (Lipinski definition) is 7. The lowest BCUT2D eigenvalue weighted by Crippen LogP contribution is -2.39. The van der Waals surface area contributed by atoms with Gasteiger partial charge in [0.15, 0.2) is 6.29 Å². The van der Waals surface area contributed by atoms with Crippen LogP contribution < -0.4 is 10.6 Å². The van der Waals surface area contributed by atoms with Gasteiger partial charge >= 0.3 is 5.97 Å². The van der Waals surface area contributed by atoms with E-state index in [1.807, 2.05) is 0 Å². The zero-order valence-electron chi connectivity index (χ0n) is 17.9. The molecule has 1 heterocycles. The van der Waals surface area contributed by atoms with Gasteiger partial charge in [0.05, 0.1) is 18.3 Å². The number of methoxy groups -OCH3 is 1. The lowest BCUT2D eigenvalue weighted by atomic mass is 10.2. The Kier molecular flexibility index (Phi) is 10.0. The molecule has 1 atom stereocenters. The highest BCUT2D eigenvalue weighted by Crippen LogP contribution is 2.15. The molecule has 0 aromatic carbocycles. The molecule has 0 fully saturated rings. The number of hydrogen-bond donors (Lipinski definition) is 2. The van der Waals surface area contributed by atoms with E-state index in [2.05, 4.69) is 20.6 Å². The first-order valence-electron chi connectivity index (χ1n) is 9.47. The van der Waals surface area contributed by atoms with Crippen LogP contribution in [0.1, 0.15) is 44.6 Å². The summed E-state index contributed by atoms with van der Waals surface area (Å²) in [5.41, 5.74) is 0.185. The van der Waals surface area contributed by atoms with Crippen molar-refractivity contribution in [3.63, 3.8) is 0 Å². The summed E-state index contributed by atoms with van der Waals surface area (Å²) in [5, 5.41) is 5.61. The Morgan fingerprint density at radius 3 is 2.48 bits per heavy atom. The summed E-state index contributed by atoms with van der Waals surface area (Å²) >= 11 is 0. The number of aliphatic imine (C=N–C) groups is 1. The molecule has 0 spiro atoms. The number of anilines is 1. The molecule has 0 saturated heterocycles. The van der Waals surface area contributed by atoms with Gasteiger partial charge < -0.3 is 19.4 Å². The first-order valence-corrected chi connectivity index (χ1v) is 9.47. The molecule has 10 nitrogen and oxygen atoms in total. The molecule has 0 radical (unpaired) electrons. The molecular weight excluding hydrogens is 378 g/mol. The predicted octanol–water partition coefficient (Wildman–Crippen LogP) is 1.47. The smallest absolute Gasteiger partial charge is 0.308 e. The van der Waals surface area contributed by atoms with Crippen molar-refractivity contribution in [2.24, 2.45) is 16.8 Å². The highest BCUT2D eigenvalue weighted by Gasteiger charge is 2.18. The van der Waals surface area contributed by atoms with Gasteiger partial charge in [-0.3, -0.25) is 24.7 Å². The summed E-state index contributed by atoms with van der Waals surface area (Å²) in [4.78, 5) is 43.0. The van der Waals surface area contributed by atoms with Gasteiger partial charge in [-0.15, -0.1) is 0 Å². The van der Waals surface area contributed by atoms with E-state index in [9.17, 15) is 14.4 Å². The molecule has 29 heavy (non-hydrogen) atoms. The van der Waals surface area contributed by atoms with Gasteiger partial charge in [0, 0.05) is 26.6 Å². The molecule has 1 rings (SSSR count). The van der Waals surface area contributed by atoms with Crippen LogP contribution >= 0.6 is 0 Å². The quantitative estimate of drug-likeness (QED) is 0.259. The van der Waals surface area contributed by atoms with E-state index in [1.165, 1.54) is 13.4 Å². The molecule has 0 bridgehead atoms. The maximum Gasteiger partial charge on any atom is 0.308 e. The van der Waals surface area contributed by atoms with Crippen molar-refractivity contribution in [3.8, 4) is 0 Å². The fourth-order valence-electron chi connectivity index (χ4n) is 2.20. The second-order valence-electron chi connectivity index (χ2n) is 7.06. The molecule has 1 aromatic rings. The standard InChI is InChI=1S/C19H31N5O5/c1-12(2)17(26)23-19(20-5)22-16-15(9-25)21-11-24(16)8-7-14(28-6)10-29-18(27)13(3)4/h9,11-14H,7-8,10H2,1-6H3,(H2,20,22,23,26). The van der Waals surface area contributed by atoms with Gasteiger partial charge in [0.25, 0.3) is 0 Å². The van der Waals surface area contributed by atoms with Gasteiger partial charge in [-0.2, -0.15) is 0 Å². The van der Waals surface area contributed by atoms with Gasteiger partial charge in [-0.25, -0.2) is 4.98 Å². The largest absolute Gasteiger partial charge is 0.463 e. The molecule has 0 aliphatic heterocycles. The summed E-state index contributed by atoms with van der Waals surface area (Å²) in [6, 6.07) is 0. The molecule has 0 aliphatic carbocycles. The van der Waals surface area contributed by atoms with Crippen LogP contribution in [0.3, 0.4) is 0 Å². The first kappa shape index (κ1) is 24.3. The number of nitrogens with zero attached hydrogens (tertiary/aromatic N) is 3. The number of aromatic nitrogens is 2. The maximum atomic E-state index is 11.9. The van der Waals surface area contributed by atoms with Crippen molar-refractivity contribution in [3.05, 3.63) is 12.0 Å². The number of guanidine groups is 1. The minimum absolute atomic E-state index is 0.137. The average Bonchev–Trinajstić information content (AvgIpc) is 3.08. The number of nitrogens with one attached hydrogen (secondary N) is 2. The third kappa shape index (κ3) is 7.65. The summed E-state index contributed by atoms with van der Waals surface area (Å²) in [7, 11) is 3.06. The summed E-state index contributed by atoms with van der Waals surface area (Å²) in [6.07, 6.45) is 2.33. The normalized spacial score (nSPS) is 12.8. The van der Waals surface area contributed by atoms with Gasteiger partial charge in [0.2, 0.25) is 11.9 Å². The van der Waals surface area contributed by atoms with E-state index in [0.29, 0.717) is 25.1 Å². The number of ether oxygens (including phenoxy) is 2. The van der Waals surface area contributed by atoms with Crippen molar-refractivity contribution in [1.82, 2.24) is 14.9 Å². The van der Waals surface area contributed by atoms with Crippen LogP contribution in [0.15, 0.2) is 11.3 Å². The second-order valence-corrected chi connectivity index (χ2v) is 7.06. The minimum Gasteiger partial charge on any atom is -0.463 e. The van der Waals surface area contributed by atoms with Crippen molar-refractivity contribution in [1.29, 1.82) is 0 Å². The number of carbonyl (C=O) groups excluding carboxylic acids is 3. The number of aldehydes is 1. The fraction of sp³-hybridized carbons (Fsp3) is 0.632. The molecule has 1 aromatic heterocycles. The number of esters is 1. The van der Waals surface area contributed by atoms with Crippen LogP contribution in [0, 0.1) is 11.8 Å². The Bertz CT molecular complexity index is 727. The monoisotopic (exact) mass is 409 g/mol. The Labute approximate surface area is 171 Å². The predicted molar refractivity (Wildman–Crippen MR) is 109 cm³/mol. The van der Waals surface area contributed by atoms with E-state index in [-0.39, 0.29) is 48.1 Å². The van der Waals surface area contributed by atoms with Crippen LogP contribution in [-0.4, -0.2) is 60.5 Å². The first-order chi connectivity index (χ1) is 13.7. The number of amides is 1. The highest BCUT2D eigenvalue weighted by atomic mass is 16.6. The topological polar surface area (TPSA) is 124 Å². The SMILES string of the molecule is CN=C(NC(=O)C(C)C)Nc1c(C=O)ncn1CCC(COC(=O)C(C)C)OC. The van der Waals surface area contributed by atoms with Crippen LogP contribution in [0.5, 0.6) is 0 Å². The lowest BCUT2D eigenvalue weighted by molar-refractivity contribution is -0.151. The molecule has 0 aliphatic rings. The third-order valence-corrected chi connectivity index (χ3v) is 4.11. The van der Waals surface area contributed by atoms with Crippen LogP contribution in [0.25, 0.3) is 0 Å². The molecule has 1 unspecified atom stereocenters. The van der Waals surface area contributed by atoms with Crippen LogP contribution in [-0.2, 0) is 25.6 Å². The van der Waals surface area contributed by atoms with E-state index >= 15 is 0 Å². The Hall–Kier alpha value is -2.75. The van der Waals surface area contributed by atoms with Gasteiger partial charge in [-0.05, 0) is 6.42 Å². The Balaban J connectivity index is 2.82. The molecule has 1 amide bonds. The maximum absolute atomic E-state index is 11.9. The zero-order chi connectivity index (χ0) is 22.0. The van der Waals surface area contributed by atoms with E-state index < -0.39 is 0 Å². The summed E-state index contributed by atoms with van der Waals surface area (Å²) < 4.78 is 12.3. The number of carbonyl (C=O) groups is 3. The average molecular weight is 409 g/mol. The number of rotatable bonds is 10. The van der Waals surface area contributed by atoms with E-state index in [0.717, 1.165) is 0 Å². The minimum atomic E-state index is -0.312. The molecule has 10 heteroatoms. The van der Waals surface area contributed by atoms with E-state index in [4.69, 9.17) is 9.47 Å². The second kappa shape index (κ2) is 11.9. The zero-order valence-corrected chi connectivity index (χ0v) is 17.9. The molecular formula is C19H31N5O5. The third-order valence-electron chi connectivity index (χ3n) is 4.11. The van der Waals surface area contributed by atoms with Crippen molar-refractivity contribution < 1.29 is 23.9 Å². The Morgan fingerprint density at radius 1 is 1.28 bits per heavy atom. The molecule has 162 valence electrons.